The van der Waals surface area contributed by atoms with Crippen LogP contribution in [-0.4, -0.2) is 10.2 Å². The van der Waals surface area contributed by atoms with Crippen LogP contribution >= 0.6 is 11.6 Å². The van der Waals surface area contributed by atoms with Gasteiger partial charge in [0, 0.05) is 5.56 Å². The van der Waals surface area contributed by atoms with E-state index >= 15 is 0 Å². The van der Waals surface area contributed by atoms with Crippen molar-refractivity contribution in [1.82, 2.24) is 0 Å². The van der Waals surface area contributed by atoms with Gasteiger partial charge in [-0.3, -0.25) is 0 Å². The Morgan fingerprint density at radius 2 is 1.67 bits per heavy atom. The molecule has 0 aliphatic heterocycles. The number of rotatable bonds is 3. The van der Waals surface area contributed by atoms with Gasteiger partial charge in [-0.1, -0.05) is 54.1 Å². The highest BCUT2D eigenvalue weighted by Crippen LogP contribution is 2.31. The fourth-order valence-corrected chi connectivity index (χ4v) is 2.87. The summed E-state index contributed by atoms with van der Waals surface area (Å²) < 4.78 is 0. The highest BCUT2D eigenvalue weighted by Gasteiger charge is 2.09. The molecular formula is C18H15ClO2. The zero-order valence-corrected chi connectivity index (χ0v) is 12.1. The molecule has 2 nitrogen and oxygen atoms in total. The van der Waals surface area contributed by atoms with Gasteiger partial charge in [-0.2, -0.15) is 0 Å². The van der Waals surface area contributed by atoms with Crippen LogP contribution in [0.2, 0.25) is 5.02 Å². The van der Waals surface area contributed by atoms with E-state index in [0.29, 0.717) is 12.0 Å². The van der Waals surface area contributed by atoms with E-state index in [1.165, 1.54) is 16.3 Å². The molecule has 0 aliphatic carbocycles. The van der Waals surface area contributed by atoms with E-state index < -0.39 is 0 Å². The molecule has 0 saturated heterocycles. The molecule has 3 rings (SSSR count). The maximum atomic E-state index is 9.77. The van der Waals surface area contributed by atoms with Crippen LogP contribution in [0, 0.1) is 0 Å². The Hall–Kier alpha value is -2.03. The fourth-order valence-electron chi connectivity index (χ4n) is 2.61. The molecule has 0 aromatic heterocycles. The highest BCUT2D eigenvalue weighted by atomic mass is 35.5. The van der Waals surface area contributed by atoms with Gasteiger partial charge >= 0.3 is 0 Å². The van der Waals surface area contributed by atoms with Crippen molar-refractivity contribution in [1.29, 1.82) is 0 Å². The number of benzene rings is 3. The molecule has 3 aromatic carbocycles. The van der Waals surface area contributed by atoms with E-state index in [-0.39, 0.29) is 17.4 Å². The number of aliphatic hydroxyl groups is 1. The standard InChI is InChI=1S/C18H15ClO2/c19-17-10-12(9-15(11-20)18(17)21)8-14-6-3-5-13-4-1-2-7-16(13)14/h1-7,9-10,20-21H,8,11H2. The SMILES string of the molecule is OCc1cc(Cc2cccc3ccccc23)cc(Cl)c1O. The zero-order valence-electron chi connectivity index (χ0n) is 11.4. The summed E-state index contributed by atoms with van der Waals surface area (Å²) in [5.41, 5.74) is 2.62. The number of halogens is 1. The minimum absolute atomic E-state index is 0.0409. The first kappa shape index (κ1) is 13.9. The summed E-state index contributed by atoms with van der Waals surface area (Å²) >= 11 is 6.02. The molecule has 0 bridgehead atoms. The molecule has 0 aliphatic rings. The van der Waals surface area contributed by atoms with Crippen LogP contribution in [0.3, 0.4) is 0 Å². The number of fused-ring (bicyclic) bond motifs is 1. The van der Waals surface area contributed by atoms with Gasteiger partial charge in [0.2, 0.25) is 0 Å². The van der Waals surface area contributed by atoms with Crippen LogP contribution in [-0.2, 0) is 13.0 Å². The first-order valence-electron chi connectivity index (χ1n) is 6.77. The minimum Gasteiger partial charge on any atom is -0.506 e. The van der Waals surface area contributed by atoms with Gasteiger partial charge in [-0.15, -0.1) is 0 Å². The quantitative estimate of drug-likeness (QED) is 0.757. The minimum atomic E-state index is -0.227. The third-order valence-electron chi connectivity index (χ3n) is 3.65. The Labute approximate surface area is 128 Å². The molecule has 3 heteroatoms. The number of aliphatic hydroxyl groups excluding tert-OH is 1. The highest BCUT2D eigenvalue weighted by molar-refractivity contribution is 6.32. The predicted octanol–water partition coefficient (Wildman–Crippen LogP) is 4.28. The number of aromatic hydroxyl groups is 1. The number of hydrogen-bond acceptors (Lipinski definition) is 2. The topological polar surface area (TPSA) is 40.5 Å². The molecule has 21 heavy (non-hydrogen) atoms. The van der Waals surface area contributed by atoms with E-state index in [9.17, 15) is 10.2 Å². The normalized spacial score (nSPS) is 11.0. The Bertz CT molecular complexity index is 791. The second kappa shape index (κ2) is 5.76. The van der Waals surface area contributed by atoms with Crippen molar-refractivity contribution < 1.29 is 10.2 Å². The average Bonchev–Trinajstić information content (AvgIpc) is 2.51. The predicted molar refractivity (Wildman–Crippen MR) is 85.8 cm³/mol. The van der Waals surface area contributed by atoms with Crippen molar-refractivity contribution in [3.63, 3.8) is 0 Å². The van der Waals surface area contributed by atoms with E-state index in [0.717, 1.165) is 5.56 Å². The van der Waals surface area contributed by atoms with Crippen LogP contribution in [0.15, 0.2) is 54.6 Å². The molecule has 0 spiro atoms. The molecule has 0 heterocycles. The summed E-state index contributed by atoms with van der Waals surface area (Å²) in [4.78, 5) is 0. The fraction of sp³-hybridized carbons (Fsp3) is 0.111. The summed E-state index contributed by atoms with van der Waals surface area (Å²) in [5, 5.41) is 21.7. The third-order valence-corrected chi connectivity index (χ3v) is 3.94. The van der Waals surface area contributed by atoms with Gasteiger partial charge in [-0.05, 0) is 40.5 Å². The molecule has 0 atom stereocenters. The van der Waals surface area contributed by atoms with Gasteiger partial charge in [0.15, 0.2) is 0 Å². The first-order valence-corrected chi connectivity index (χ1v) is 7.14. The van der Waals surface area contributed by atoms with Gasteiger partial charge in [0.25, 0.3) is 0 Å². The van der Waals surface area contributed by atoms with Gasteiger partial charge in [-0.25, -0.2) is 0 Å². The van der Waals surface area contributed by atoms with Crippen LogP contribution in [0.5, 0.6) is 5.75 Å². The maximum absolute atomic E-state index is 9.77. The van der Waals surface area contributed by atoms with Crippen LogP contribution < -0.4 is 0 Å². The summed E-state index contributed by atoms with van der Waals surface area (Å²) in [6.07, 6.45) is 0.703. The lowest BCUT2D eigenvalue weighted by molar-refractivity contribution is 0.275. The van der Waals surface area contributed by atoms with Crippen molar-refractivity contribution in [2.24, 2.45) is 0 Å². The lowest BCUT2D eigenvalue weighted by atomic mass is 9.97. The van der Waals surface area contributed by atoms with Crippen LogP contribution in [0.1, 0.15) is 16.7 Å². The summed E-state index contributed by atoms with van der Waals surface area (Å²) in [6, 6.07) is 18.0. The average molecular weight is 299 g/mol. The van der Waals surface area contributed by atoms with Gasteiger partial charge in [0.1, 0.15) is 5.75 Å². The number of hydrogen-bond donors (Lipinski definition) is 2. The van der Waals surface area contributed by atoms with Crippen LogP contribution in [0.25, 0.3) is 10.8 Å². The molecule has 0 radical (unpaired) electrons. The van der Waals surface area contributed by atoms with Crippen LogP contribution in [0.4, 0.5) is 0 Å². The Morgan fingerprint density at radius 3 is 2.48 bits per heavy atom. The largest absolute Gasteiger partial charge is 0.506 e. The second-order valence-electron chi connectivity index (χ2n) is 5.06. The monoisotopic (exact) mass is 298 g/mol. The maximum Gasteiger partial charge on any atom is 0.139 e. The van der Waals surface area contributed by atoms with Crippen molar-refractivity contribution in [2.45, 2.75) is 13.0 Å². The molecule has 0 unspecified atom stereocenters. The Morgan fingerprint density at radius 1 is 0.905 bits per heavy atom. The zero-order chi connectivity index (χ0) is 14.8. The Kier molecular flexibility index (Phi) is 3.82. The number of phenols is 1. The van der Waals surface area contributed by atoms with E-state index in [1.807, 2.05) is 18.2 Å². The lowest BCUT2D eigenvalue weighted by Crippen LogP contribution is -1.93. The molecule has 0 saturated carbocycles. The molecule has 0 amide bonds. The van der Waals surface area contributed by atoms with Gasteiger partial charge < -0.3 is 10.2 Å². The summed E-state index contributed by atoms with van der Waals surface area (Å²) in [5.74, 6) is -0.0409. The molecular weight excluding hydrogens is 284 g/mol. The molecule has 106 valence electrons. The Balaban J connectivity index is 2.05. The molecule has 2 N–H and O–H groups in total. The van der Waals surface area contributed by atoms with Crippen molar-refractivity contribution in [3.05, 3.63) is 76.3 Å². The lowest BCUT2D eigenvalue weighted by Gasteiger charge is -2.10. The van der Waals surface area contributed by atoms with E-state index in [2.05, 4.69) is 24.3 Å². The first-order chi connectivity index (χ1) is 10.2. The summed E-state index contributed by atoms with van der Waals surface area (Å²) in [6.45, 7) is -0.227. The van der Waals surface area contributed by atoms with Crippen molar-refractivity contribution in [2.75, 3.05) is 0 Å². The van der Waals surface area contributed by atoms with Crippen molar-refractivity contribution >= 4 is 22.4 Å². The second-order valence-corrected chi connectivity index (χ2v) is 5.47. The third kappa shape index (κ3) is 2.73. The molecule has 3 aromatic rings. The van der Waals surface area contributed by atoms with Crippen molar-refractivity contribution in [3.8, 4) is 5.75 Å². The smallest absolute Gasteiger partial charge is 0.139 e. The summed E-state index contributed by atoms with van der Waals surface area (Å²) in [7, 11) is 0. The molecule has 0 fully saturated rings. The van der Waals surface area contributed by atoms with E-state index in [1.54, 1.807) is 12.1 Å². The van der Waals surface area contributed by atoms with E-state index in [4.69, 9.17) is 11.6 Å². The van der Waals surface area contributed by atoms with Gasteiger partial charge in [0.05, 0.1) is 11.6 Å².